The van der Waals surface area contributed by atoms with Crippen LogP contribution in [0.25, 0.3) is 10.2 Å². The zero-order valence-electron chi connectivity index (χ0n) is 10.9. The number of anilines is 3. The van der Waals surface area contributed by atoms with Gasteiger partial charge < -0.3 is 10.6 Å². The van der Waals surface area contributed by atoms with Gasteiger partial charge >= 0.3 is 0 Å². The van der Waals surface area contributed by atoms with Crippen molar-refractivity contribution in [3.05, 3.63) is 48.5 Å². The Morgan fingerprint density at radius 2 is 1.90 bits per heavy atom. The molecule has 0 radical (unpaired) electrons. The van der Waals surface area contributed by atoms with Crippen LogP contribution in [-0.2, 0) is 4.79 Å². The Balaban J connectivity index is 1.96. The molecule has 100 valence electrons. The van der Waals surface area contributed by atoms with E-state index in [0.717, 1.165) is 26.7 Å². The number of fused-ring (bicyclic) bond motifs is 1. The average Bonchev–Trinajstić information content (AvgIpc) is 2.83. The zero-order valence-corrected chi connectivity index (χ0v) is 11.7. The Bertz CT molecular complexity index is 752. The fourth-order valence-electron chi connectivity index (χ4n) is 1.94. The Morgan fingerprint density at radius 3 is 2.65 bits per heavy atom. The third-order valence-corrected chi connectivity index (χ3v) is 3.69. The first-order chi connectivity index (χ1) is 9.72. The molecular formula is C15H13N3OS. The maximum Gasteiger partial charge on any atom is 0.221 e. The normalized spacial score (nSPS) is 10.4. The summed E-state index contributed by atoms with van der Waals surface area (Å²) in [5.41, 5.74) is 2.55. The number of nitrogens with one attached hydrogen (secondary N) is 2. The van der Waals surface area contributed by atoms with E-state index in [0.29, 0.717) is 0 Å². The van der Waals surface area contributed by atoms with Gasteiger partial charge in [-0.25, -0.2) is 4.98 Å². The van der Waals surface area contributed by atoms with Crippen LogP contribution in [-0.4, -0.2) is 10.9 Å². The Labute approximate surface area is 120 Å². The topological polar surface area (TPSA) is 54.0 Å². The second-order valence-electron chi connectivity index (χ2n) is 4.34. The fourth-order valence-corrected chi connectivity index (χ4v) is 2.85. The molecule has 0 spiro atoms. The summed E-state index contributed by atoms with van der Waals surface area (Å²) >= 11 is 1.56. The molecule has 0 bridgehead atoms. The SMILES string of the molecule is CC(=O)Nc1cccc2sc(Nc3ccccc3)nc12. The van der Waals surface area contributed by atoms with Crippen molar-refractivity contribution in [2.45, 2.75) is 6.92 Å². The van der Waals surface area contributed by atoms with E-state index in [2.05, 4.69) is 15.6 Å². The third kappa shape index (κ3) is 2.62. The lowest BCUT2D eigenvalue weighted by Crippen LogP contribution is -2.05. The molecule has 1 aromatic heterocycles. The summed E-state index contributed by atoms with van der Waals surface area (Å²) in [6.45, 7) is 1.49. The first kappa shape index (κ1) is 12.6. The lowest BCUT2D eigenvalue weighted by Gasteiger charge is -2.02. The number of hydrogen-bond acceptors (Lipinski definition) is 4. The van der Waals surface area contributed by atoms with Gasteiger partial charge in [0, 0.05) is 12.6 Å². The van der Waals surface area contributed by atoms with Gasteiger partial charge in [-0.15, -0.1) is 0 Å². The molecule has 2 N–H and O–H groups in total. The van der Waals surface area contributed by atoms with E-state index < -0.39 is 0 Å². The molecule has 0 unspecified atom stereocenters. The molecule has 0 aliphatic heterocycles. The summed E-state index contributed by atoms with van der Waals surface area (Å²) in [6, 6.07) is 15.7. The number of carbonyl (C=O) groups excluding carboxylic acids is 1. The molecule has 0 saturated heterocycles. The van der Waals surface area contributed by atoms with Crippen LogP contribution < -0.4 is 10.6 Å². The minimum atomic E-state index is -0.0944. The summed E-state index contributed by atoms with van der Waals surface area (Å²) in [6.07, 6.45) is 0. The first-order valence-corrected chi connectivity index (χ1v) is 7.03. The van der Waals surface area contributed by atoms with E-state index in [1.807, 2.05) is 48.5 Å². The largest absolute Gasteiger partial charge is 0.332 e. The van der Waals surface area contributed by atoms with Crippen molar-refractivity contribution in [3.63, 3.8) is 0 Å². The van der Waals surface area contributed by atoms with E-state index in [9.17, 15) is 4.79 Å². The summed E-state index contributed by atoms with van der Waals surface area (Å²) in [5.74, 6) is -0.0944. The maximum absolute atomic E-state index is 11.2. The van der Waals surface area contributed by atoms with E-state index in [-0.39, 0.29) is 5.91 Å². The van der Waals surface area contributed by atoms with Crippen molar-refractivity contribution in [2.75, 3.05) is 10.6 Å². The first-order valence-electron chi connectivity index (χ1n) is 6.21. The summed E-state index contributed by atoms with van der Waals surface area (Å²) < 4.78 is 1.04. The average molecular weight is 283 g/mol. The van der Waals surface area contributed by atoms with E-state index >= 15 is 0 Å². The van der Waals surface area contributed by atoms with Gasteiger partial charge in [0.25, 0.3) is 0 Å². The van der Waals surface area contributed by atoms with Crippen LogP contribution in [0.5, 0.6) is 0 Å². The second-order valence-corrected chi connectivity index (χ2v) is 5.37. The molecule has 1 heterocycles. The number of aromatic nitrogens is 1. The van der Waals surface area contributed by atoms with Gasteiger partial charge in [0.05, 0.1) is 10.4 Å². The number of thiazole rings is 1. The Hall–Kier alpha value is -2.40. The maximum atomic E-state index is 11.2. The van der Waals surface area contributed by atoms with Crippen molar-refractivity contribution >= 4 is 44.0 Å². The van der Waals surface area contributed by atoms with Gasteiger partial charge in [0.1, 0.15) is 5.52 Å². The van der Waals surface area contributed by atoms with Crippen molar-refractivity contribution in [3.8, 4) is 0 Å². The molecule has 0 atom stereocenters. The zero-order chi connectivity index (χ0) is 13.9. The minimum Gasteiger partial charge on any atom is -0.332 e. The highest BCUT2D eigenvalue weighted by Crippen LogP contribution is 2.32. The fraction of sp³-hybridized carbons (Fsp3) is 0.0667. The molecule has 5 heteroatoms. The van der Waals surface area contributed by atoms with Gasteiger partial charge in [0.15, 0.2) is 5.13 Å². The molecule has 3 rings (SSSR count). The van der Waals surface area contributed by atoms with Crippen LogP contribution in [0.4, 0.5) is 16.5 Å². The van der Waals surface area contributed by atoms with Gasteiger partial charge in [-0.2, -0.15) is 0 Å². The van der Waals surface area contributed by atoms with E-state index in [4.69, 9.17) is 0 Å². The van der Waals surface area contributed by atoms with Crippen molar-refractivity contribution in [2.24, 2.45) is 0 Å². The monoisotopic (exact) mass is 283 g/mol. The third-order valence-electron chi connectivity index (χ3n) is 2.75. The van der Waals surface area contributed by atoms with Crippen LogP contribution in [0.15, 0.2) is 48.5 Å². The van der Waals surface area contributed by atoms with Crippen molar-refractivity contribution in [1.82, 2.24) is 4.98 Å². The molecule has 0 saturated carbocycles. The quantitative estimate of drug-likeness (QED) is 0.764. The van der Waals surface area contributed by atoms with Crippen LogP contribution in [0.3, 0.4) is 0 Å². The van der Waals surface area contributed by atoms with Gasteiger partial charge in [0.2, 0.25) is 5.91 Å². The highest BCUT2D eigenvalue weighted by Gasteiger charge is 2.09. The van der Waals surface area contributed by atoms with Crippen molar-refractivity contribution in [1.29, 1.82) is 0 Å². The van der Waals surface area contributed by atoms with Gasteiger partial charge in [-0.1, -0.05) is 35.6 Å². The molecule has 1 amide bonds. The predicted octanol–water partition coefficient (Wildman–Crippen LogP) is 4.00. The smallest absolute Gasteiger partial charge is 0.221 e. The highest BCUT2D eigenvalue weighted by atomic mass is 32.1. The lowest BCUT2D eigenvalue weighted by molar-refractivity contribution is -0.114. The number of nitrogens with zero attached hydrogens (tertiary/aromatic N) is 1. The molecule has 3 aromatic rings. The van der Waals surface area contributed by atoms with Gasteiger partial charge in [-0.05, 0) is 24.3 Å². The molecular weight excluding hydrogens is 270 g/mol. The second kappa shape index (κ2) is 5.30. The Kier molecular flexibility index (Phi) is 3.35. The molecule has 0 fully saturated rings. The van der Waals surface area contributed by atoms with E-state index in [1.165, 1.54) is 6.92 Å². The number of hydrogen-bond donors (Lipinski definition) is 2. The Morgan fingerprint density at radius 1 is 1.10 bits per heavy atom. The highest BCUT2D eigenvalue weighted by molar-refractivity contribution is 7.22. The van der Waals surface area contributed by atoms with E-state index in [1.54, 1.807) is 11.3 Å². The molecule has 20 heavy (non-hydrogen) atoms. The number of carbonyl (C=O) groups is 1. The summed E-state index contributed by atoms with van der Waals surface area (Å²) in [4.78, 5) is 15.8. The van der Waals surface area contributed by atoms with Crippen LogP contribution in [0, 0.1) is 0 Å². The van der Waals surface area contributed by atoms with Crippen LogP contribution >= 0.6 is 11.3 Å². The molecule has 2 aromatic carbocycles. The van der Waals surface area contributed by atoms with Gasteiger partial charge in [-0.3, -0.25) is 4.79 Å². The number of benzene rings is 2. The number of amides is 1. The van der Waals surface area contributed by atoms with Crippen LogP contribution in [0.2, 0.25) is 0 Å². The number of rotatable bonds is 3. The molecule has 0 aliphatic carbocycles. The van der Waals surface area contributed by atoms with Crippen molar-refractivity contribution < 1.29 is 4.79 Å². The van der Waals surface area contributed by atoms with Crippen LogP contribution in [0.1, 0.15) is 6.92 Å². The lowest BCUT2D eigenvalue weighted by atomic mass is 10.3. The standard InChI is InChI=1S/C15H13N3OS/c1-10(19)16-12-8-5-9-13-14(12)18-15(20-13)17-11-6-3-2-4-7-11/h2-9H,1H3,(H,16,19)(H,17,18). The predicted molar refractivity (Wildman–Crippen MR) is 83.6 cm³/mol. The molecule has 0 aliphatic rings. The summed E-state index contributed by atoms with van der Waals surface area (Å²) in [5, 5.41) is 6.88. The molecule has 4 nitrogen and oxygen atoms in total. The number of para-hydroxylation sites is 2. The summed E-state index contributed by atoms with van der Waals surface area (Å²) in [7, 11) is 0. The minimum absolute atomic E-state index is 0.0944.